The fourth-order valence-electron chi connectivity index (χ4n) is 2.15. The molecule has 0 spiro atoms. The van der Waals surface area contributed by atoms with Crippen LogP contribution < -0.4 is 10.1 Å². The van der Waals surface area contributed by atoms with Crippen molar-refractivity contribution in [2.45, 2.75) is 19.4 Å². The highest BCUT2D eigenvalue weighted by Crippen LogP contribution is 2.31. The molecule has 1 aromatic carbocycles. The summed E-state index contributed by atoms with van der Waals surface area (Å²) in [6.07, 6.45) is 1.17. The maximum atomic E-state index is 13.2. The van der Waals surface area contributed by atoms with E-state index in [4.69, 9.17) is 4.74 Å². The van der Waals surface area contributed by atoms with Crippen LogP contribution in [0.15, 0.2) is 18.2 Å². The summed E-state index contributed by atoms with van der Waals surface area (Å²) in [5.74, 6) is 0.625. The predicted octanol–water partition coefficient (Wildman–Crippen LogP) is 2.50. The van der Waals surface area contributed by atoms with Gasteiger partial charge in [-0.15, -0.1) is 0 Å². The number of ether oxygens (including phenoxy) is 1. The van der Waals surface area contributed by atoms with E-state index in [2.05, 4.69) is 12.2 Å². The van der Waals surface area contributed by atoms with Crippen LogP contribution >= 0.6 is 0 Å². The maximum Gasteiger partial charge on any atom is 0.165 e. The molecule has 2 nitrogen and oxygen atoms in total. The van der Waals surface area contributed by atoms with Gasteiger partial charge in [0.15, 0.2) is 11.6 Å². The minimum absolute atomic E-state index is 0.299. The number of hydrogen-bond acceptors (Lipinski definition) is 2. The van der Waals surface area contributed by atoms with E-state index in [9.17, 15) is 4.39 Å². The summed E-state index contributed by atoms with van der Waals surface area (Å²) in [7, 11) is 1.49. The first-order valence-corrected chi connectivity index (χ1v) is 5.29. The molecule has 15 heavy (non-hydrogen) atoms. The molecule has 1 aliphatic heterocycles. The van der Waals surface area contributed by atoms with E-state index in [0.29, 0.717) is 17.7 Å². The monoisotopic (exact) mass is 209 g/mol. The molecule has 1 N–H and O–H groups in total. The number of rotatable bonds is 2. The van der Waals surface area contributed by atoms with Crippen molar-refractivity contribution in [3.63, 3.8) is 0 Å². The second-order valence-electron chi connectivity index (χ2n) is 4.09. The molecular weight excluding hydrogens is 193 g/mol. The van der Waals surface area contributed by atoms with Gasteiger partial charge in [-0.05, 0) is 36.6 Å². The number of methoxy groups -OCH3 is 1. The normalized spacial score (nSPS) is 25.5. The first kappa shape index (κ1) is 10.4. The highest BCUT2D eigenvalue weighted by atomic mass is 19.1. The molecule has 3 heteroatoms. The smallest absolute Gasteiger partial charge is 0.165 e. The minimum atomic E-state index is -0.299. The zero-order valence-electron chi connectivity index (χ0n) is 9.09. The lowest BCUT2D eigenvalue weighted by Gasteiger charge is -2.16. The van der Waals surface area contributed by atoms with E-state index in [-0.39, 0.29) is 5.82 Å². The molecule has 82 valence electrons. The van der Waals surface area contributed by atoms with Crippen molar-refractivity contribution in [1.29, 1.82) is 0 Å². The molecule has 2 rings (SSSR count). The topological polar surface area (TPSA) is 21.3 Å². The van der Waals surface area contributed by atoms with Crippen molar-refractivity contribution in [3.05, 3.63) is 29.6 Å². The quantitative estimate of drug-likeness (QED) is 0.808. The molecule has 2 atom stereocenters. The lowest BCUT2D eigenvalue weighted by Crippen LogP contribution is -2.16. The molecule has 1 heterocycles. The Hall–Kier alpha value is -1.09. The summed E-state index contributed by atoms with van der Waals surface area (Å²) in [5, 5.41) is 3.42. The molecule has 1 fully saturated rings. The van der Waals surface area contributed by atoms with Crippen molar-refractivity contribution in [2.75, 3.05) is 13.7 Å². The van der Waals surface area contributed by atoms with Crippen molar-refractivity contribution in [2.24, 2.45) is 5.92 Å². The summed E-state index contributed by atoms with van der Waals surface area (Å²) in [6.45, 7) is 3.24. The van der Waals surface area contributed by atoms with Crippen LogP contribution in [0.5, 0.6) is 5.75 Å². The fraction of sp³-hybridized carbons (Fsp3) is 0.500. The van der Waals surface area contributed by atoms with Crippen LogP contribution in [0.3, 0.4) is 0 Å². The Morgan fingerprint density at radius 1 is 1.47 bits per heavy atom. The Morgan fingerprint density at radius 2 is 2.27 bits per heavy atom. The molecule has 1 aromatic rings. The molecule has 0 aliphatic carbocycles. The van der Waals surface area contributed by atoms with Gasteiger partial charge < -0.3 is 10.1 Å². The molecule has 1 aliphatic rings. The van der Waals surface area contributed by atoms with Crippen LogP contribution in [0.25, 0.3) is 0 Å². The second-order valence-corrected chi connectivity index (χ2v) is 4.09. The minimum Gasteiger partial charge on any atom is -0.494 e. The highest BCUT2D eigenvalue weighted by Gasteiger charge is 2.24. The molecule has 0 amide bonds. The Balaban J connectivity index is 2.28. The fourth-order valence-corrected chi connectivity index (χ4v) is 2.15. The first-order valence-electron chi connectivity index (χ1n) is 5.29. The van der Waals surface area contributed by atoms with E-state index >= 15 is 0 Å². The van der Waals surface area contributed by atoms with Crippen molar-refractivity contribution < 1.29 is 9.13 Å². The van der Waals surface area contributed by atoms with Gasteiger partial charge in [0.2, 0.25) is 0 Å². The van der Waals surface area contributed by atoms with Crippen molar-refractivity contribution in [1.82, 2.24) is 5.32 Å². The number of nitrogens with one attached hydrogen (secondary N) is 1. The van der Waals surface area contributed by atoms with Gasteiger partial charge in [0.25, 0.3) is 0 Å². The summed E-state index contributed by atoms with van der Waals surface area (Å²) < 4.78 is 18.2. The predicted molar refractivity (Wildman–Crippen MR) is 57.5 cm³/mol. The Kier molecular flexibility index (Phi) is 2.91. The second kappa shape index (κ2) is 4.19. The molecule has 0 saturated carbocycles. The van der Waals surface area contributed by atoms with Crippen LogP contribution in [0.1, 0.15) is 24.9 Å². The number of hydrogen-bond donors (Lipinski definition) is 1. The third-order valence-corrected chi connectivity index (χ3v) is 3.07. The van der Waals surface area contributed by atoms with Gasteiger partial charge in [-0.25, -0.2) is 4.39 Å². The highest BCUT2D eigenvalue weighted by molar-refractivity contribution is 5.32. The summed E-state index contributed by atoms with van der Waals surface area (Å²) in [5.41, 5.74) is 1.11. The van der Waals surface area contributed by atoms with Crippen LogP contribution in [-0.4, -0.2) is 13.7 Å². The van der Waals surface area contributed by atoms with E-state index in [0.717, 1.165) is 12.1 Å². The lowest BCUT2D eigenvalue weighted by molar-refractivity contribution is 0.384. The molecular formula is C12H16FNO. The van der Waals surface area contributed by atoms with E-state index in [1.54, 1.807) is 6.07 Å². The molecule has 0 bridgehead atoms. The standard InChI is InChI=1S/C12H16FNO/c1-8-5-6-14-12(8)9-3-4-10(13)11(7-9)15-2/h3-4,7-8,12,14H,5-6H2,1-2H3/t8-,12-/m0/s1. The third kappa shape index (κ3) is 1.97. The van der Waals surface area contributed by atoms with Gasteiger partial charge in [-0.3, -0.25) is 0 Å². The van der Waals surface area contributed by atoms with Crippen LogP contribution in [0.4, 0.5) is 4.39 Å². The Morgan fingerprint density at radius 3 is 2.87 bits per heavy atom. The van der Waals surface area contributed by atoms with Crippen molar-refractivity contribution in [3.8, 4) is 5.75 Å². The Bertz CT molecular complexity index is 353. The summed E-state index contributed by atoms with van der Waals surface area (Å²) in [4.78, 5) is 0. The maximum absolute atomic E-state index is 13.2. The van der Waals surface area contributed by atoms with Crippen LogP contribution in [0, 0.1) is 11.7 Å². The molecule has 0 radical (unpaired) electrons. The van der Waals surface area contributed by atoms with Gasteiger partial charge >= 0.3 is 0 Å². The van der Waals surface area contributed by atoms with Gasteiger partial charge in [0.1, 0.15) is 0 Å². The molecule has 0 aromatic heterocycles. The van der Waals surface area contributed by atoms with Crippen LogP contribution in [-0.2, 0) is 0 Å². The van der Waals surface area contributed by atoms with E-state index < -0.39 is 0 Å². The zero-order chi connectivity index (χ0) is 10.8. The number of halogens is 1. The molecule has 1 saturated heterocycles. The van der Waals surface area contributed by atoms with Crippen LogP contribution in [0.2, 0.25) is 0 Å². The van der Waals surface area contributed by atoms with Gasteiger partial charge in [0, 0.05) is 6.04 Å². The third-order valence-electron chi connectivity index (χ3n) is 3.07. The van der Waals surface area contributed by atoms with Gasteiger partial charge in [-0.2, -0.15) is 0 Å². The lowest BCUT2D eigenvalue weighted by atomic mass is 9.96. The SMILES string of the molecule is COc1cc([C@H]2NCC[C@@H]2C)ccc1F. The average Bonchev–Trinajstić information content (AvgIpc) is 2.65. The van der Waals surface area contributed by atoms with Gasteiger partial charge in [-0.1, -0.05) is 13.0 Å². The first-order chi connectivity index (χ1) is 7.22. The molecule has 0 unspecified atom stereocenters. The zero-order valence-corrected chi connectivity index (χ0v) is 9.09. The Labute approximate surface area is 89.4 Å². The number of benzene rings is 1. The summed E-state index contributed by atoms with van der Waals surface area (Å²) >= 11 is 0. The van der Waals surface area contributed by atoms with Gasteiger partial charge in [0.05, 0.1) is 7.11 Å². The average molecular weight is 209 g/mol. The summed E-state index contributed by atoms with van der Waals surface area (Å²) in [6, 6.07) is 5.42. The van der Waals surface area contributed by atoms with E-state index in [1.807, 2.05) is 6.07 Å². The van der Waals surface area contributed by atoms with E-state index in [1.165, 1.54) is 19.6 Å². The largest absolute Gasteiger partial charge is 0.494 e. The van der Waals surface area contributed by atoms with Crippen molar-refractivity contribution >= 4 is 0 Å².